The Labute approximate surface area is 227 Å². The van der Waals surface area contributed by atoms with E-state index in [-0.39, 0.29) is 17.9 Å². The lowest BCUT2D eigenvalue weighted by molar-refractivity contribution is 0.0581. The van der Waals surface area contributed by atoms with Gasteiger partial charge < -0.3 is 19.9 Å². The minimum Gasteiger partial charge on any atom is -0.489 e. The summed E-state index contributed by atoms with van der Waals surface area (Å²) < 4.78 is 17.4. The van der Waals surface area contributed by atoms with Crippen molar-refractivity contribution < 1.29 is 23.8 Å². The summed E-state index contributed by atoms with van der Waals surface area (Å²) in [6.45, 7) is 5.31. The molecule has 2 aromatic carbocycles. The van der Waals surface area contributed by atoms with E-state index >= 15 is 0 Å². The molecule has 0 aliphatic heterocycles. The highest BCUT2D eigenvalue weighted by Crippen LogP contribution is 2.36. The number of carbonyl (C=O) groups is 2. The van der Waals surface area contributed by atoms with E-state index in [2.05, 4.69) is 48.2 Å². The largest absolute Gasteiger partial charge is 0.489 e. The number of rotatable bonds is 10. The molecule has 0 aliphatic rings. The van der Waals surface area contributed by atoms with Crippen LogP contribution < -0.4 is 10.5 Å². The minimum atomic E-state index is -0.576. The predicted octanol–water partition coefficient (Wildman–Crippen LogP) is 4.85. The van der Waals surface area contributed by atoms with Crippen LogP contribution in [0.25, 0.3) is 22.4 Å². The Morgan fingerprint density at radius 1 is 0.923 bits per heavy atom. The molecule has 0 aliphatic carbocycles. The van der Waals surface area contributed by atoms with Crippen molar-refractivity contribution in [1.82, 2.24) is 14.8 Å². The number of nitrogens with two attached hydrogens (primary N) is 1. The maximum absolute atomic E-state index is 12.9. The van der Waals surface area contributed by atoms with Gasteiger partial charge in [0.1, 0.15) is 23.7 Å². The van der Waals surface area contributed by atoms with E-state index < -0.39 is 11.9 Å². The number of benzene rings is 2. The SMILES string of the molecule is COC(=O)c1cc(-c2nn(CCN)c(C(=O)OC)c2-c2ccc(OCc3ccc(C(C)C)cc3)cc2)ccn1. The van der Waals surface area contributed by atoms with Gasteiger partial charge in [-0.05, 0) is 46.9 Å². The maximum Gasteiger partial charge on any atom is 0.356 e. The Morgan fingerprint density at radius 2 is 1.62 bits per heavy atom. The zero-order valence-corrected chi connectivity index (χ0v) is 22.5. The van der Waals surface area contributed by atoms with Crippen LogP contribution >= 0.6 is 0 Å². The average Bonchev–Trinajstić information content (AvgIpc) is 3.35. The van der Waals surface area contributed by atoms with E-state index in [9.17, 15) is 9.59 Å². The van der Waals surface area contributed by atoms with Crippen molar-refractivity contribution in [3.05, 3.63) is 89.4 Å². The number of hydrogen-bond acceptors (Lipinski definition) is 8. The summed E-state index contributed by atoms with van der Waals surface area (Å²) in [6.07, 6.45) is 1.50. The molecule has 202 valence electrons. The summed E-state index contributed by atoms with van der Waals surface area (Å²) >= 11 is 0. The van der Waals surface area contributed by atoms with E-state index in [1.54, 1.807) is 12.1 Å². The van der Waals surface area contributed by atoms with Crippen LogP contribution in [0, 0.1) is 0 Å². The maximum atomic E-state index is 12.9. The topological polar surface area (TPSA) is 119 Å². The van der Waals surface area contributed by atoms with Crippen molar-refractivity contribution in [1.29, 1.82) is 0 Å². The molecule has 9 nitrogen and oxygen atoms in total. The third kappa shape index (κ3) is 6.15. The van der Waals surface area contributed by atoms with Crippen LogP contribution in [0.3, 0.4) is 0 Å². The van der Waals surface area contributed by atoms with Crippen LogP contribution in [0.2, 0.25) is 0 Å². The standard InChI is InChI=1S/C30H32N4O5/c1-19(2)21-7-5-20(6-8-21)18-39-24-11-9-22(10-12-24)26-27(23-13-15-32-25(17-23)29(35)37-3)33-34(16-14-31)28(26)30(36)38-4/h5-13,15,17,19H,14,16,18,31H2,1-4H3. The van der Waals surface area contributed by atoms with Gasteiger partial charge in [-0.2, -0.15) is 5.10 Å². The summed E-state index contributed by atoms with van der Waals surface area (Å²) in [4.78, 5) is 29.1. The Hall–Kier alpha value is -4.50. The van der Waals surface area contributed by atoms with Crippen LogP contribution in [0.5, 0.6) is 5.75 Å². The molecule has 0 bridgehead atoms. The molecule has 2 N–H and O–H groups in total. The second-order valence-electron chi connectivity index (χ2n) is 9.21. The van der Waals surface area contributed by atoms with Gasteiger partial charge in [0.25, 0.3) is 0 Å². The average molecular weight is 529 g/mol. The summed E-state index contributed by atoms with van der Waals surface area (Å²) in [5, 5.41) is 4.68. The van der Waals surface area contributed by atoms with Crippen molar-refractivity contribution >= 4 is 11.9 Å². The number of esters is 2. The number of nitrogens with zero attached hydrogens (tertiary/aromatic N) is 3. The zero-order valence-electron chi connectivity index (χ0n) is 22.5. The molecule has 4 rings (SSSR count). The minimum absolute atomic E-state index is 0.124. The predicted molar refractivity (Wildman–Crippen MR) is 147 cm³/mol. The Balaban J connectivity index is 1.70. The van der Waals surface area contributed by atoms with E-state index in [1.165, 1.54) is 30.7 Å². The van der Waals surface area contributed by atoms with Gasteiger partial charge in [0.05, 0.1) is 20.8 Å². The fourth-order valence-electron chi connectivity index (χ4n) is 4.20. The number of ether oxygens (including phenoxy) is 3. The van der Waals surface area contributed by atoms with Crippen molar-refractivity contribution in [3.8, 4) is 28.1 Å². The molecule has 0 spiro atoms. The molecule has 4 aromatic rings. The van der Waals surface area contributed by atoms with Gasteiger partial charge in [-0.1, -0.05) is 50.2 Å². The quantitative estimate of drug-likeness (QED) is 0.290. The molecular weight excluding hydrogens is 496 g/mol. The molecule has 0 unspecified atom stereocenters. The molecule has 0 fully saturated rings. The van der Waals surface area contributed by atoms with Gasteiger partial charge in [-0.15, -0.1) is 0 Å². The lowest BCUT2D eigenvalue weighted by Crippen LogP contribution is -2.17. The van der Waals surface area contributed by atoms with Gasteiger partial charge >= 0.3 is 11.9 Å². The lowest BCUT2D eigenvalue weighted by Gasteiger charge is -2.11. The van der Waals surface area contributed by atoms with Crippen LogP contribution in [-0.2, 0) is 22.6 Å². The first-order valence-electron chi connectivity index (χ1n) is 12.6. The number of hydrogen-bond donors (Lipinski definition) is 1. The van der Waals surface area contributed by atoms with Gasteiger partial charge in [-0.3, -0.25) is 4.68 Å². The van der Waals surface area contributed by atoms with E-state index in [1.807, 2.05) is 24.3 Å². The molecule has 0 saturated heterocycles. The molecule has 9 heteroatoms. The molecule has 0 radical (unpaired) electrons. The normalized spacial score (nSPS) is 10.9. The second-order valence-corrected chi connectivity index (χ2v) is 9.21. The van der Waals surface area contributed by atoms with E-state index in [0.717, 1.165) is 11.1 Å². The van der Waals surface area contributed by atoms with Crippen molar-refractivity contribution in [3.63, 3.8) is 0 Å². The third-order valence-electron chi connectivity index (χ3n) is 6.29. The van der Waals surface area contributed by atoms with Crippen molar-refractivity contribution in [2.45, 2.75) is 32.9 Å². The van der Waals surface area contributed by atoms with Crippen LogP contribution in [0.4, 0.5) is 0 Å². The number of pyridine rings is 1. The van der Waals surface area contributed by atoms with Gasteiger partial charge in [-0.25, -0.2) is 14.6 Å². The highest BCUT2D eigenvalue weighted by atomic mass is 16.5. The molecule has 0 saturated carbocycles. The second kappa shape index (κ2) is 12.4. The highest BCUT2D eigenvalue weighted by Gasteiger charge is 2.27. The fourth-order valence-corrected chi connectivity index (χ4v) is 4.20. The number of aromatic nitrogens is 3. The molecule has 0 atom stereocenters. The first-order chi connectivity index (χ1) is 18.9. The number of carbonyl (C=O) groups excluding carboxylic acids is 2. The molecule has 2 aromatic heterocycles. The van der Waals surface area contributed by atoms with Crippen LogP contribution in [-0.4, -0.2) is 47.5 Å². The smallest absolute Gasteiger partial charge is 0.356 e. The summed E-state index contributed by atoms with van der Waals surface area (Å²) in [5.41, 5.74) is 10.9. The molecule has 0 amide bonds. The zero-order chi connectivity index (χ0) is 27.9. The molecule has 39 heavy (non-hydrogen) atoms. The van der Waals surface area contributed by atoms with Gasteiger partial charge in [0.2, 0.25) is 0 Å². The van der Waals surface area contributed by atoms with E-state index in [0.29, 0.717) is 41.6 Å². The highest BCUT2D eigenvalue weighted by molar-refractivity contribution is 6.00. The van der Waals surface area contributed by atoms with E-state index in [4.69, 9.17) is 19.9 Å². The first kappa shape index (κ1) is 27.5. The summed E-state index contributed by atoms with van der Waals surface area (Å²) in [6, 6.07) is 19.1. The Bertz CT molecular complexity index is 1440. The number of methoxy groups -OCH3 is 2. The Morgan fingerprint density at radius 3 is 2.23 bits per heavy atom. The van der Waals surface area contributed by atoms with Crippen LogP contribution in [0.15, 0.2) is 66.9 Å². The lowest BCUT2D eigenvalue weighted by atomic mass is 9.98. The van der Waals surface area contributed by atoms with Crippen molar-refractivity contribution in [2.75, 3.05) is 20.8 Å². The summed E-state index contributed by atoms with van der Waals surface area (Å²) in [5.74, 6) is 0.0257. The van der Waals surface area contributed by atoms with Crippen LogP contribution in [0.1, 0.15) is 51.9 Å². The fraction of sp³-hybridized carbons (Fsp3) is 0.267. The third-order valence-corrected chi connectivity index (χ3v) is 6.29. The van der Waals surface area contributed by atoms with Crippen molar-refractivity contribution in [2.24, 2.45) is 5.73 Å². The molecule has 2 heterocycles. The monoisotopic (exact) mass is 528 g/mol. The first-order valence-corrected chi connectivity index (χ1v) is 12.6. The summed E-state index contributed by atoms with van der Waals surface area (Å²) in [7, 11) is 2.61. The van der Waals surface area contributed by atoms with Gasteiger partial charge in [0, 0.05) is 23.9 Å². The van der Waals surface area contributed by atoms with Gasteiger partial charge in [0.15, 0.2) is 5.69 Å². The Kier molecular flexibility index (Phi) is 8.73. The molecular formula is C30H32N4O5.